The molecule has 86 valence electrons. The van der Waals surface area contributed by atoms with Gasteiger partial charge in [-0.05, 0) is 47.8 Å². The molecule has 1 unspecified atom stereocenters. The van der Waals surface area contributed by atoms with Crippen LogP contribution in [-0.4, -0.2) is 0 Å². The maximum absolute atomic E-state index is 2.50. The van der Waals surface area contributed by atoms with Gasteiger partial charge in [0.05, 0.1) is 0 Å². The smallest absolute Gasteiger partial charge is 0.0207 e. The summed E-state index contributed by atoms with van der Waals surface area (Å²) in [6, 6.07) is 0. The van der Waals surface area contributed by atoms with Gasteiger partial charge in [0.25, 0.3) is 0 Å². The summed E-state index contributed by atoms with van der Waals surface area (Å²) in [7, 11) is 0. The van der Waals surface area contributed by atoms with Crippen molar-refractivity contribution in [2.75, 3.05) is 0 Å². The highest BCUT2D eigenvalue weighted by Crippen LogP contribution is 2.79. The van der Waals surface area contributed by atoms with Gasteiger partial charge in [-0.25, -0.2) is 0 Å². The minimum Gasteiger partial charge on any atom is -0.0883 e. The van der Waals surface area contributed by atoms with Crippen LogP contribution in [0, 0.1) is 22.2 Å². The summed E-state index contributed by atoms with van der Waals surface area (Å²) in [6.45, 7) is 12.3. The molecule has 2 rings (SSSR count). The Labute approximate surface area is 95.1 Å². The van der Waals surface area contributed by atoms with Crippen molar-refractivity contribution in [1.82, 2.24) is 0 Å². The normalized spacial score (nSPS) is 35.1. The van der Waals surface area contributed by atoms with E-state index in [1.807, 2.05) is 0 Å². The van der Waals surface area contributed by atoms with E-state index in [-0.39, 0.29) is 0 Å². The Morgan fingerprint density at radius 2 is 1.67 bits per heavy atom. The topological polar surface area (TPSA) is 0 Å². The van der Waals surface area contributed by atoms with Crippen LogP contribution in [0.1, 0.15) is 60.3 Å². The predicted octanol–water partition coefficient (Wildman–Crippen LogP) is 4.81. The molecule has 0 aromatic heterocycles. The first-order chi connectivity index (χ1) is 6.83. The van der Waals surface area contributed by atoms with Crippen molar-refractivity contribution in [2.24, 2.45) is 22.2 Å². The molecule has 0 heteroatoms. The molecule has 0 nitrogen and oxygen atoms in total. The molecule has 15 heavy (non-hydrogen) atoms. The van der Waals surface area contributed by atoms with E-state index in [1.54, 1.807) is 0 Å². The predicted molar refractivity (Wildman–Crippen MR) is 66.8 cm³/mol. The van der Waals surface area contributed by atoms with Gasteiger partial charge in [-0.3, -0.25) is 0 Å². The van der Waals surface area contributed by atoms with Gasteiger partial charge in [-0.2, -0.15) is 0 Å². The van der Waals surface area contributed by atoms with Crippen LogP contribution < -0.4 is 0 Å². The highest BCUT2D eigenvalue weighted by Gasteiger charge is 2.73. The highest BCUT2D eigenvalue weighted by molar-refractivity contribution is 5.22. The summed E-state index contributed by atoms with van der Waals surface area (Å²) in [5.41, 5.74) is 1.59. The van der Waals surface area contributed by atoms with E-state index >= 15 is 0 Å². The van der Waals surface area contributed by atoms with Gasteiger partial charge in [-0.1, -0.05) is 46.8 Å². The van der Waals surface area contributed by atoms with Crippen molar-refractivity contribution in [3.05, 3.63) is 12.2 Å². The Morgan fingerprint density at radius 1 is 1.07 bits per heavy atom. The van der Waals surface area contributed by atoms with Gasteiger partial charge in [0, 0.05) is 0 Å². The van der Waals surface area contributed by atoms with Crippen LogP contribution in [0.3, 0.4) is 0 Å². The van der Waals surface area contributed by atoms with E-state index in [0.717, 1.165) is 5.92 Å². The molecule has 1 atom stereocenters. The SMILES string of the molecule is CC1(C)C(C)(C)C1(C)CC1C=CCCC1. The zero-order valence-corrected chi connectivity index (χ0v) is 11.1. The van der Waals surface area contributed by atoms with E-state index in [9.17, 15) is 0 Å². The molecule has 1 saturated carbocycles. The number of hydrogen-bond acceptors (Lipinski definition) is 0. The fourth-order valence-corrected chi connectivity index (χ4v) is 3.80. The summed E-state index contributed by atoms with van der Waals surface area (Å²) >= 11 is 0. The zero-order chi connectivity index (χ0) is 11.3. The Bertz CT molecular complexity index is 266. The average Bonchev–Trinajstić information content (AvgIpc) is 2.46. The quantitative estimate of drug-likeness (QED) is 0.569. The van der Waals surface area contributed by atoms with Crippen LogP contribution in [0.25, 0.3) is 0 Å². The van der Waals surface area contributed by atoms with Gasteiger partial charge in [0.2, 0.25) is 0 Å². The summed E-state index contributed by atoms with van der Waals surface area (Å²) in [6.07, 6.45) is 10.4. The van der Waals surface area contributed by atoms with Gasteiger partial charge in [0.1, 0.15) is 0 Å². The molecule has 0 amide bonds. The second-order valence-electron chi connectivity index (χ2n) is 6.91. The fourth-order valence-electron chi connectivity index (χ4n) is 3.80. The first-order valence-corrected chi connectivity index (χ1v) is 6.49. The lowest BCUT2D eigenvalue weighted by molar-refractivity contribution is 0.311. The van der Waals surface area contributed by atoms with Crippen LogP contribution in [0.15, 0.2) is 12.2 Å². The summed E-state index contributed by atoms with van der Waals surface area (Å²) in [5, 5.41) is 0. The van der Waals surface area contributed by atoms with Crippen LogP contribution in [0.2, 0.25) is 0 Å². The summed E-state index contributed by atoms with van der Waals surface area (Å²) in [4.78, 5) is 0. The minimum absolute atomic E-state index is 0.519. The molecule has 1 fully saturated rings. The van der Waals surface area contributed by atoms with E-state index in [0.29, 0.717) is 16.2 Å². The lowest BCUT2D eigenvalue weighted by atomic mass is 9.81. The van der Waals surface area contributed by atoms with E-state index in [2.05, 4.69) is 46.8 Å². The lowest BCUT2D eigenvalue weighted by Gasteiger charge is -2.23. The molecule has 0 N–H and O–H groups in total. The third-order valence-electron chi connectivity index (χ3n) is 6.28. The third kappa shape index (κ3) is 1.33. The largest absolute Gasteiger partial charge is 0.0883 e. The third-order valence-corrected chi connectivity index (χ3v) is 6.28. The Morgan fingerprint density at radius 3 is 2.07 bits per heavy atom. The molecule has 2 aliphatic rings. The van der Waals surface area contributed by atoms with Gasteiger partial charge in [0.15, 0.2) is 0 Å². The molecule has 0 spiro atoms. The molecule has 0 aliphatic heterocycles. The van der Waals surface area contributed by atoms with Gasteiger partial charge < -0.3 is 0 Å². The zero-order valence-electron chi connectivity index (χ0n) is 11.1. The Kier molecular flexibility index (Phi) is 2.34. The molecule has 0 saturated heterocycles. The van der Waals surface area contributed by atoms with Crippen molar-refractivity contribution in [1.29, 1.82) is 0 Å². The number of allylic oxidation sites excluding steroid dienone is 2. The first-order valence-electron chi connectivity index (χ1n) is 6.49. The monoisotopic (exact) mass is 206 g/mol. The molecule has 0 radical (unpaired) electrons. The average molecular weight is 206 g/mol. The van der Waals surface area contributed by atoms with E-state index in [4.69, 9.17) is 0 Å². The Hall–Kier alpha value is -0.260. The molecule has 0 heterocycles. The summed E-state index contributed by atoms with van der Waals surface area (Å²) in [5.74, 6) is 0.852. The molecule has 0 aromatic carbocycles. The number of hydrogen-bond donors (Lipinski definition) is 0. The maximum Gasteiger partial charge on any atom is -0.0207 e. The molecular formula is C15H26. The maximum atomic E-state index is 2.50. The highest BCUT2D eigenvalue weighted by atomic mass is 14.8. The molecule has 0 bridgehead atoms. The molecule has 0 aromatic rings. The molecular weight excluding hydrogens is 180 g/mol. The van der Waals surface area contributed by atoms with Crippen LogP contribution in [-0.2, 0) is 0 Å². The second kappa shape index (κ2) is 3.12. The Balaban J connectivity index is 2.07. The number of rotatable bonds is 2. The fraction of sp³-hybridized carbons (Fsp3) is 0.867. The standard InChI is InChI=1S/C15H26/c1-13(2)14(3,4)15(13,5)11-12-9-7-6-8-10-12/h7,9,12H,6,8,10-11H2,1-5H3. The van der Waals surface area contributed by atoms with Crippen LogP contribution in [0.5, 0.6) is 0 Å². The van der Waals surface area contributed by atoms with Crippen LogP contribution >= 0.6 is 0 Å². The van der Waals surface area contributed by atoms with Crippen molar-refractivity contribution in [3.8, 4) is 0 Å². The van der Waals surface area contributed by atoms with Gasteiger partial charge in [-0.15, -0.1) is 0 Å². The van der Waals surface area contributed by atoms with Gasteiger partial charge >= 0.3 is 0 Å². The first kappa shape index (κ1) is 11.2. The van der Waals surface area contributed by atoms with Crippen LogP contribution in [0.4, 0.5) is 0 Å². The van der Waals surface area contributed by atoms with E-state index in [1.165, 1.54) is 25.7 Å². The van der Waals surface area contributed by atoms with Crippen molar-refractivity contribution in [3.63, 3.8) is 0 Å². The second-order valence-corrected chi connectivity index (χ2v) is 6.91. The van der Waals surface area contributed by atoms with Crippen molar-refractivity contribution < 1.29 is 0 Å². The minimum atomic E-state index is 0.519. The van der Waals surface area contributed by atoms with E-state index < -0.39 is 0 Å². The lowest BCUT2D eigenvalue weighted by Crippen LogP contribution is -2.13. The molecule has 2 aliphatic carbocycles. The van der Waals surface area contributed by atoms with Crippen molar-refractivity contribution >= 4 is 0 Å². The van der Waals surface area contributed by atoms with Crippen molar-refractivity contribution in [2.45, 2.75) is 60.3 Å². The summed E-state index contributed by atoms with van der Waals surface area (Å²) < 4.78 is 0.